The average molecular weight is 355 g/mol. The molecule has 1 aliphatic carbocycles. The fourth-order valence-corrected chi connectivity index (χ4v) is 3.51. The van der Waals surface area contributed by atoms with Gasteiger partial charge in [-0.15, -0.1) is 0 Å². The molecule has 0 spiro atoms. The zero-order valence-electron chi connectivity index (χ0n) is 15.0. The molecule has 0 saturated carbocycles. The number of hydrogen-bond donors (Lipinski definition) is 1. The van der Waals surface area contributed by atoms with Crippen LogP contribution in [0.25, 0.3) is 0 Å². The molecular formula is C23H17NO3. The quantitative estimate of drug-likeness (QED) is 0.582. The predicted octanol–water partition coefficient (Wildman–Crippen LogP) is 4.33. The summed E-state index contributed by atoms with van der Waals surface area (Å²) in [4.78, 5) is 38.5. The molecule has 1 amide bonds. The van der Waals surface area contributed by atoms with Crippen molar-refractivity contribution in [3.63, 3.8) is 0 Å². The Balaban J connectivity index is 1.77. The first-order valence-electron chi connectivity index (χ1n) is 8.67. The Morgan fingerprint density at radius 2 is 1.44 bits per heavy atom. The highest BCUT2D eigenvalue weighted by molar-refractivity contribution is 6.30. The molecule has 0 unspecified atom stereocenters. The molecular weight excluding hydrogens is 338 g/mol. The van der Waals surface area contributed by atoms with Crippen LogP contribution in [0.2, 0.25) is 0 Å². The van der Waals surface area contributed by atoms with Gasteiger partial charge in [0.25, 0.3) is 5.91 Å². The summed E-state index contributed by atoms with van der Waals surface area (Å²) in [6, 6.07) is 17.3. The van der Waals surface area contributed by atoms with Gasteiger partial charge in [0.1, 0.15) is 0 Å². The maximum absolute atomic E-state index is 13.0. The van der Waals surface area contributed by atoms with Crippen molar-refractivity contribution in [3.8, 4) is 0 Å². The molecule has 0 radical (unpaired) electrons. The Hall–Kier alpha value is -3.53. The van der Waals surface area contributed by atoms with E-state index in [4.69, 9.17) is 0 Å². The van der Waals surface area contributed by atoms with Gasteiger partial charge in [0.2, 0.25) is 0 Å². The van der Waals surface area contributed by atoms with E-state index in [-0.39, 0.29) is 23.0 Å². The van der Waals surface area contributed by atoms with Gasteiger partial charge in [-0.25, -0.2) is 0 Å². The molecule has 0 bridgehead atoms. The highest BCUT2D eigenvalue weighted by Gasteiger charge is 2.31. The van der Waals surface area contributed by atoms with Crippen LogP contribution in [-0.2, 0) is 0 Å². The predicted molar refractivity (Wildman–Crippen MR) is 104 cm³/mol. The Morgan fingerprint density at radius 3 is 2.15 bits per heavy atom. The summed E-state index contributed by atoms with van der Waals surface area (Å²) in [6.45, 7) is 3.83. The summed E-state index contributed by atoms with van der Waals surface area (Å²) in [5.74, 6) is -0.764. The van der Waals surface area contributed by atoms with Crippen molar-refractivity contribution in [2.45, 2.75) is 13.8 Å². The van der Waals surface area contributed by atoms with Crippen molar-refractivity contribution >= 4 is 23.2 Å². The normalized spacial score (nSPS) is 12.4. The van der Waals surface area contributed by atoms with Crippen LogP contribution in [0.4, 0.5) is 5.69 Å². The van der Waals surface area contributed by atoms with Crippen LogP contribution < -0.4 is 5.32 Å². The van der Waals surface area contributed by atoms with Crippen LogP contribution in [0, 0.1) is 13.8 Å². The number of benzene rings is 3. The molecule has 3 aromatic rings. The van der Waals surface area contributed by atoms with E-state index in [1.807, 2.05) is 26.0 Å². The van der Waals surface area contributed by atoms with Crippen molar-refractivity contribution in [1.82, 2.24) is 0 Å². The largest absolute Gasteiger partial charge is 0.321 e. The number of fused-ring (bicyclic) bond motifs is 2. The molecule has 0 atom stereocenters. The lowest BCUT2D eigenvalue weighted by Gasteiger charge is -2.20. The van der Waals surface area contributed by atoms with E-state index in [2.05, 4.69) is 5.32 Å². The topological polar surface area (TPSA) is 63.2 Å². The van der Waals surface area contributed by atoms with Crippen molar-refractivity contribution in [2.75, 3.05) is 5.32 Å². The number of nitrogens with one attached hydrogen (secondary N) is 1. The maximum Gasteiger partial charge on any atom is 0.255 e. The standard InChI is InChI=1S/C23H17NO3/c1-13-10-11-15(14(2)12-13)23(27)24-19-9-5-8-18-20(19)22(26)17-7-4-3-6-16(17)21(18)25/h3-12H,1-2H3,(H,24,27). The molecule has 3 aromatic carbocycles. The van der Waals surface area contributed by atoms with Gasteiger partial charge in [0.15, 0.2) is 11.6 Å². The van der Waals surface area contributed by atoms with Crippen molar-refractivity contribution in [1.29, 1.82) is 0 Å². The number of amides is 1. The number of rotatable bonds is 2. The molecule has 132 valence electrons. The monoisotopic (exact) mass is 355 g/mol. The highest BCUT2D eigenvalue weighted by Crippen LogP contribution is 2.32. The zero-order chi connectivity index (χ0) is 19.1. The van der Waals surface area contributed by atoms with Crippen LogP contribution in [-0.4, -0.2) is 17.5 Å². The summed E-state index contributed by atoms with van der Waals surface area (Å²) in [7, 11) is 0. The summed E-state index contributed by atoms with van der Waals surface area (Å²) < 4.78 is 0. The van der Waals surface area contributed by atoms with E-state index in [1.165, 1.54) is 0 Å². The van der Waals surface area contributed by atoms with Gasteiger partial charge >= 0.3 is 0 Å². The van der Waals surface area contributed by atoms with Crippen molar-refractivity contribution in [3.05, 3.63) is 99.6 Å². The number of ketones is 2. The summed E-state index contributed by atoms with van der Waals surface area (Å²) in [5, 5.41) is 2.82. The molecule has 1 aliphatic rings. The molecule has 4 rings (SSSR count). The summed E-state index contributed by atoms with van der Waals surface area (Å²) in [6.07, 6.45) is 0. The molecule has 4 heteroatoms. The maximum atomic E-state index is 13.0. The van der Waals surface area contributed by atoms with Crippen LogP contribution in [0.5, 0.6) is 0 Å². The molecule has 1 N–H and O–H groups in total. The van der Waals surface area contributed by atoms with Crippen molar-refractivity contribution in [2.24, 2.45) is 0 Å². The van der Waals surface area contributed by atoms with E-state index < -0.39 is 0 Å². The lowest BCUT2D eigenvalue weighted by atomic mass is 9.83. The third kappa shape index (κ3) is 2.75. The fourth-order valence-electron chi connectivity index (χ4n) is 3.51. The van der Waals surface area contributed by atoms with E-state index in [1.54, 1.807) is 48.5 Å². The smallest absolute Gasteiger partial charge is 0.255 e. The van der Waals surface area contributed by atoms with E-state index in [9.17, 15) is 14.4 Å². The first kappa shape index (κ1) is 16.9. The molecule has 0 heterocycles. The Labute approximate surface area is 156 Å². The molecule has 27 heavy (non-hydrogen) atoms. The van der Waals surface area contributed by atoms with Crippen LogP contribution in [0.15, 0.2) is 60.7 Å². The second-order valence-electron chi connectivity index (χ2n) is 6.70. The zero-order valence-corrected chi connectivity index (χ0v) is 15.0. The minimum atomic E-state index is -0.306. The lowest BCUT2D eigenvalue weighted by molar-refractivity contribution is 0.0978. The minimum absolute atomic E-state index is 0.206. The fraction of sp³-hybridized carbons (Fsp3) is 0.0870. The van der Waals surface area contributed by atoms with E-state index in [0.29, 0.717) is 27.9 Å². The van der Waals surface area contributed by atoms with Crippen LogP contribution in [0.3, 0.4) is 0 Å². The minimum Gasteiger partial charge on any atom is -0.321 e. The second-order valence-corrected chi connectivity index (χ2v) is 6.70. The molecule has 0 saturated heterocycles. The number of aryl methyl sites for hydroxylation is 2. The molecule has 0 fully saturated rings. The van der Waals surface area contributed by atoms with Gasteiger partial charge in [-0.1, -0.05) is 54.1 Å². The SMILES string of the molecule is Cc1ccc(C(=O)Nc2cccc3c2C(=O)c2ccccc2C3=O)c(C)c1. The highest BCUT2D eigenvalue weighted by atomic mass is 16.2. The third-order valence-corrected chi connectivity index (χ3v) is 4.83. The molecule has 0 aromatic heterocycles. The van der Waals surface area contributed by atoms with Gasteiger partial charge in [-0.3, -0.25) is 14.4 Å². The number of carbonyl (C=O) groups excluding carboxylic acids is 3. The first-order chi connectivity index (χ1) is 13.0. The Morgan fingerprint density at radius 1 is 0.778 bits per heavy atom. The van der Waals surface area contributed by atoms with Crippen LogP contribution >= 0.6 is 0 Å². The van der Waals surface area contributed by atoms with Gasteiger partial charge < -0.3 is 5.32 Å². The Kier molecular flexibility index (Phi) is 3.96. The lowest BCUT2D eigenvalue weighted by Crippen LogP contribution is -2.24. The Bertz CT molecular complexity index is 1130. The second kappa shape index (κ2) is 6.32. The van der Waals surface area contributed by atoms with Crippen LogP contribution in [0.1, 0.15) is 53.3 Å². The van der Waals surface area contributed by atoms with Gasteiger partial charge in [0, 0.05) is 22.3 Å². The van der Waals surface area contributed by atoms with E-state index in [0.717, 1.165) is 11.1 Å². The van der Waals surface area contributed by atoms with Gasteiger partial charge in [-0.2, -0.15) is 0 Å². The average Bonchev–Trinajstić information content (AvgIpc) is 2.66. The van der Waals surface area contributed by atoms with Gasteiger partial charge in [-0.05, 0) is 31.5 Å². The number of anilines is 1. The third-order valence-electron chi connectivity index (χ3n) is 4.83. The molecule has 0 aliphatic heterocycles. The summed E-state index contributed by atoms with van der Waals surface area (Å²) >= 11 is 0. The first-order valence-corrected chi connectivity index (χ1v) is 8.67. The number of hydrogen-bond acceptors (Lipinski definition) is 3. The number of carbonyl (C=O) groups is 3. The summed E-state index contributed by atoms with van der Waals surface area (Å²) in [5.41, 5.74) is 4.13. The van der Waals surface area contributed by atoms with Crippen molar-refractivity contribution < 1.29 is 14.4 Å². The molecule has 4 nitrogen and oxygen atoms in total. The van der Waals surface area contributed by atoms with Gasteiger partial charge in [0.05, 0.1) is 11.3 Å². The van der Waals surface area contributed by atoms with E-state index >= 15 is 0 Å².